The minimum absolute atomic E-state index is 0.789. The maximum absolute atomic E-state index is 10.9. The van der Waals surface area contributed by atoms with Crippen LogP contribution in [0.25, 0.3) is 0 Å². The average Bonchev–Trinajstić information content (AvgIpc) is 3.55. The molecule has 0 aromatic carbocycles. The molecule has 0 amide bonds. The molecule has 0 aromatic rings. The zero-order valence-electron chi connectivity index (χ0n) is 23.7. The van der Waals surface area contributed by atoms with Crippen molar-refractivity contribution in [1.29, 1.82) is 0 Å². The Hall–Kier alpha value is -0.840. The fraction of sp³-hybridized carbons (Fsp3) is 1.00. The molecule has 0 unspecified atom stereocenters. The first kappa shape index (κ1) is 37.0. The molecule has 4 fully saturated rings. The molecule has 4 aliphatic rings. The van der Waals surface area contributed by atoms with Gasteiger partial charge in [-0.3, -0.25) is 0 Å². The average molecular weight is 667 g/mol. The lowest BCUT2D eigenvalue weighted by Gasteiger charge is -2.44. The molecule has 14 N–H and O–H groups in total. The Labute approximate surface area is 254 Å². The molecule has 0 bridgehead atoms. The Bertz CT molecular complexity index is 964. The van der Waals surface area contributed by atoms with E-state index in [1.165, 1.54) is 0 Å². The summed E-state index contributed by atoms with van der Waals surface area (Å²) in [6.07, 6.45) is -25.3. The third-order valence-corrected chi connectivity index (χ3v) is 8.49. The van der Waals surface area contributed by atoms with Crippen LogP contribution in [0, 0.1) is 0 Å². The maximum Gasteiger partial charge on any atom is 0.224 e. The van der Waals surface area contributed by atoms with Crippen LogP contribution in [0.1, 0.15) is 0 Å². The van der Waals surface area contributed by atoms with Gasteiger partial charge in [0.15, 0.2) is 6.29 Å². The van der Waals surface area contributed by atoms with Crippen LogP contribution >= 0.6 is 0 Å². The van der Waals surface area contributed by atoms with E-state index >= 15 is 0 Å². The summed E-state index contributed by atoms with van der Waals surface area (Å²) in [5.74, 6) is -7.36. The van der Waals surface area contributed by atoms with E-state index in [2.05, 4.69) is 0 Å². The molecule has 45 heavy (non-hydrogen) atoms. The van der Waals surface area contributed by atoms with Crippen molar-refractivity contribution in [2.45, 2.75) is 103 Å². The van der Waals surface area contributed by atoms with Crippen LogP contribution in [-0.2, 0) is 33.2 Å². The molecule has 4 rings (SSSR count). The topological polar surface area (TPSA) is 348 Å². The quantitative estimate of drug-likeness (QED) is 0.0867. The number of aliphatic hydroxyl groups excluding tert-OH is 14. The Balaban J connectivity index is 1.54. The molecular weight excluding hydrogens is 624 g/mol. The third kappa shape index (κ3) is 6.49. The minimum Gasteiger partial charge on any atom is -0.394 e. The molecule has 17 atom stereocenters. The van der Waals surface area contributed by atoms with E-state index in [-0.39, 0.29) is 0 Å². The maximum atomic E-state index is 10.9. The fourth-order valence-corrected chi connectivity index (χ4v) is 5.65. The van der Waals surface area contributed by atoms with Gasteiger partial charge < -0.3 is 105 Å². The number of hydrogen-bond donors (Lipinski definition) is 14. The van der Waals surface area contributed by atoms with Gasteiger partial charge in [0.1, 0.15) is 99.2 Å². The van der Waals surface area contributed by atoms with E-state index < -0.39 is 149 Å². The van der Waals surface area contributed by atoms with E-state index in [1.807, 2.05) is 0 Å². The number of ether oxygens (including phenoxy) is 7. The second kappa shape index (κ2) is 14.3. The SMILES string of the molecule is OC[C@@H]1O[C@@](CO)(OC[C@@]2(OC[C@H]3O[C@H](O[C@]4(CO)O[C@@H](CO)[C@@H](O)[C@@H]4O)[C@H](O)[C@@H](O)[C@@H]3O)O[C@@H](CO)[C@@H](O)[C@@H]2O)[C@@H](O)[C@@H]1O. The van der Waals surface area contributed by atoms with Crippen LogP contribution in [0.4, 0.5) is 0 Å². The number of aliphatic hydroxyl groups is 14. The van der Waals surface area contributed by atoms with Gasteiger partial charge in [0.05, 0.1) is 26.4 Å². The first-order valence-corrected chi connectivity index (χ1v) is 14.0. The third-order valence-electron chi connectivity index (χ3n) is 8.49. The summed E-state index contributed by atoms with van der Waals surface area (Å²) in [6, 6.07) is 0. The summed E-state index contributed by atoms with van der Waals surface area (Å²) in [6.45, 7) is -6.57. The van der Waals surface area contributed by atoms with E-state index in [1.54, 1.807) is 0 Å². The molecule has 4 saturated heterocycles. The fourth-order valence-electron chi connectivity index (χ4n) is 5.65. The monoisotopic (exact) mass is 666 g/mol. The molecule has 21 nitrogen and oxygen atoms in total. The van der Waals surface area contributed by atoms with Crippen LogP contribution < -0.4 is 0 Å². The first-order chi connectivity index (χ1) is 21.2. The smallest absolute Gasteiger partial charge is 0.224 e. The molecular formula is C24H42O21. The van der Waals surface area contributed by atoms with E-state index in [0.29, 0.717) is 0 Å². The van der Waals surface area contributed by atoms with Crippen molar-refractivity contribution >= 4 is 0 Å². The lowest BCUT2D eigenvalue weighted by molar-refractivity contribution is -0.391. The highest BCUT2D eigenvalue weighted by atomic mass is 16.8. The lowest BCUT2D eigenvalue weighted by atomic mass is 9.98. The summed E-state index contributed by atoms with van der Waals surface area (Å²) in [4.78, 5) is 0. The second-order valence-electron chi connectivity index (χ2n) is 11.3. The zero-order valence-corrected chi connectivity index (χ0v) is 23.7. The minimum atomic E-state index is -2.49. The molecule has 264 valence electrons. The molecule has 0 spiro atoms. The molecule has 0 aliphatic carbocycles. The Morgan fingerprint density at radius 3 is 1.38 bits per heavy atom. The molecule has 0 aromatic heterocycles. The summed E-state index contributed by atoms with van der Waals surface area (Å²) >= 11 is 0. The van der Waals surface area contributed by atoms with Crippen LogP contribution in [0.5, 0.6) is 0 Å². The lowest BCUT2D eigenvalue weighted by Crippen LogP contribution is -2.63. The predicted molar refractivity (Wildman–Crippen MR) is 134 cm³/mol. The van der Waals surface area contributed by atoms with Gasteiger partial charge in [-0.1, -0.05) is 0 Å². The van der Waals surface area contributed by atoms with Crippen molar-refractivity contribution in [2.75, 3.05) is 46.2 Å². The van der Waals surface area contributed by atoms with Gasteiger partial charge in [-0.25, -0.2) is 0 Å². The second-order valence-corrected chi connectivity index (χ2v) is 11.3. The number of rotatable bonds is 13. The Kier molecular flexibility index (Phi) is 11.8. The summed E-state index contributed by atoms with van der Waals surface area (Å²) in [5.41, 5.74) is 0. The van der Waals surface area contributed by atoms with Crippen LogP contribution in [-0.4, -0.2) is 221 Å². The first-order valence-electron chi connectivity index (χ1n) is 14.0. The Morgan fingerprint density at radius 1 is 0.467 bits per heavy atom. The molecule has 0 saturated carbocycles. The molecule has 0 radical (unpaired) electrons. The summed E-state index contributed by atoms with van der Waals surface area (Å²) < 4.78 is 38.2. The summed E-state index contributed by atoms with van der Waals surface area (Å²) in [5, 5.41) is 142. The van der Waals surface area contributed by atoms with Gasteiger partial charge in [0.25, 0.3) is 0 Å². The highest BCUT2D eigenvalue weighted by Gasteiger charge is 2.62. The van der Waals surface area contributed by atoms with E-state index in [0.717, 1.165) is 0 Å². The highest BCUT2D eigenvalue weighted by molar-refractivity contribution is 5.02. The van der Waals surface area contributed by atoms with Gasteiger partial charge in [-0.15, -0.1) is 0 Å². The van der Waals surface area contributed by atoms with Gasteiger partial charge >= 0.3 is 0 Å². The zero-order chi connectivity index (χ0) is 33.5. The largest absolute Gasteiger partial charge is 0.394 e. The van der Waals surface area contributed by atoms with Crippen molar-refractivity contribution < 1.29 is 105 Å². The van der Waals surface area contributed by atoms with Crippen molar-refractivity contribution in [3.63, 3.8) is 0 Å². The van der Waals surface area contributed by atoms with Gasteiger partial charge in [0.2, 0.25) is 17.4 Å². The van der Waals surface area contributed by atoms with Gasteiger partial charge in [0, 0.05) is 0 Å². The highest BCUT2D eigenvalue weighted by Crippen LogP contribution is 2.39. The standard InChI is InChI=1S/C24H42O21/c25-1-8-13(31)18(36)22(5-28,42-8)40-7-24(20(38)15(33)10(3-27)44-24)39-4-11-12(30)16(34)17(35)21(41-11)45-23(6-29)19(37)14(32)9(2-26)43-23/h8-21,25-38H,1-7H2/t8-,9-,10-,11+,12+,13+,14+,15+,16-,17+,18-,19-,20-,21+,22+,23-,24+/m0/s1. The van der Waals surface area contributed by atoms with Crippen LogP contribution in [0.2, 0.25) is 0 Å². The van der Waals surface area contributed by atoms with Crippen molar-refractivity contribution in [1.82, 2.24) is 0 Å². The van der Waals surface area contributed by atoms with E-state index in [4.69, 9.17) is 33.2 Å². The van der Waals surface area contributed by atoms with Gasteiger partial charge in [-0.05, 0) is 0 Å². The van der Waals surface area contributed by atoms with Crippen molar-refractivity contribution in [3.8, 4) is 0 Å². The van der Waals surface area contributed by atoms with E-state index in [9.17, 15) is 71.5 Å². The summed E-state index contributed by atoms with van der Waals surface area (Å²) in [7, 11) is 0. The van der Waals surface area contributed by atoms with Crippen molar-refractivity contribution in [3.05, 3.63) is 0 Å². The van der Waals surface area contributed by atoms with Gasteiger partial charge in [-0.2, -0.15) is 0 Å². The normalized spacial score (nSPS) is 52.1. The number of hydrogen-bond acceptors (Lipinski definition) is 21. The van der Waals surface area contributed by atoms with Crippen LogP contribution in [0.15, 0.2) is 0 Å². The van der Waals surface area contributed by atoms with Crippen LogP contribution in [0.3, 0.4) is 0 Å². The molecule has 4 heterocycles. The molecule has 21 heteroatoms. The Morgan fingerprint density at radius 2 is 0.911 bits per heavy atom. The predicted octanol–water partition coefficient (Wildman–Crippen LogP) is -9.74. The molecule has 4 aliphatic heterocycles. The van der Waals surface area contributed by atoms with Crippen molar-refractivity contribution in [2.24, 2.45) is 0 Å².